The Kier molecular flexibility index (Phi) is 6.27. The summed E-state index contributed by atoms with van der Waals surface area (Å²) >= 11 is 0. The molecule has 0 aromatic heterocycles. The molecule has 12 rings (SSSR count). The SMILES string of the molecule is [2H]c1c([2H])c([2H])c(-c2c3ccccc3c(-c3ccc(-c4ccc(-c5c6ccccc6c6ccc7cccc8ccc5c6c87)cc4)cc3)c3ccc(-c4ccccc4)cc23)c([2H])c1[2H]. The highest BCUT2D eigenvalue weighted by atomic mass is 14.2. The average Bonchev–Trinajstić information content (AvgIpc) is 3.34. The molecule has 0 bridgehead atoms. The zero-order chi connectivity index (χ0) is 42.5. The van der Waals surface area contributed by atoms with Crippen LogP contribution in [0.5, 0.6) is 0 Å². The van der Waals surface area contributed by atoms with Crippen LogP contribution in [0.25, 0.3) is 120 Å². The maximum atomic E-state index is 9.07. The number of rotatable bonds is 5. The Morgan fingerprint density at radius 3 is 1.33 bits per heavy atom. The molecule has 0 radical (unpaired) electrons. The molecular weight excluding hydrogens is 697 g/mol. The van der Waals surface area contributed by atoms with E-state index >= 15 is 0 Å². The summed E-state index contributed by atoms with van der Waals surface area (Å²) in [6.07, 6.45) is 0. The van der Waals surface area contributed by atoms with Gasteiger partial charge in [-0.3, -0.25) is 0 Å². The lowest BCUT2D eigenvalue weighted by molar-refractivity contribution is 1.60. The van der Waals surface area contributed by atoms with Crippen molar-refractivity contribution in [1.82, 2.24) is 0 Å². The summed E-state index contributed by atoms with van der Waals surface area (Å²) in [7, 11) is 0. The summed E-state index contributed by atoms with van der Waals surface area (Å²) < 4.78 is 43.7. The molecule has 0 heterocycles. The van der Waals surface area contributed by atoms with E-state index in [0.717, 1.165) is 54.9 Å². The van der Waals surface area contributed by atoms with Gasteiger partial charge in [-0.25, -0.2) is 0 Å². The largest absolute Gasteiger partial charge is 0.0629 e. The third kappa shape index (κ3) is 5.02. The number of fused-ring (bicyclic) bond motifs is 4. The Labute approximate surface area is 344 Å². The van der Waals surface area contributed by atoms with Gasteiger partial charge in [0.2, 0.25) is 0 Å². The molecule has 0 aliphatic heterocycles. The quantitative estimate of drug-likeness (QED) is 0.122. The third-order valence-corrected chi connectivity index (χ3v) is 12.1. The molecule has 0 aliphatic rings. The van der Waals surface area contributed by atoms with Gasteiger partial charge in [-0.1, -0.05) is 212 Å². The van der Waals surface area contributed by atoms with Gasteiger partial charge in [0, 0.05) is 0 Å². The van der Waals surface area contributed by atoms with Crippen LogP contribution >= 0.6 is 0 Å². The van der Waals surface area contributed by atoms with Crippen LogP contribution in [0.2, 0.25) is 0 Å². The van der Waals surface area contributed by atoms with Gasteiger partial charge in [0.1, 0.15) is 0 Å². The van der Waals surface area contributed by atoms with Crippen molar-refractivity contribution in [3.8, 4) is 55.6 Å². The molecule has 0 nitrogen and oxygen atoms in total. The molecule has 0 fully saturated rings. The topological polar surface area (TPSA) is 0 Å². The summed E-state index contributed by atoms with van der Waals surface area (Å²) in [6, 6.07) is 65.1. The van der Waals surface area contributed by atoms with E-state index in [1.165, 1.54) is 54.2 Å². The second kappa shape index (κ2) is 13.0. The molecule has 0 heteroatoms. The van der Waals surface area contributed by atoms with Gasteiger partial charge in [-0.2, -0.15) is 0 Å². The van der Waals surface area contributed by atoms with Crippen molar-refractivity contribution in [3.05, 3.63) is 218 Å². The van der Waals surface area contributed by atoms with E-state index in [4.69, 9.17) is 6.85 Å². The number of hydrogen-bond donors (Lipinski definition) is 0. The molecule has 0 amide bonds. The molecule has 0 aliphatic carbocycles. The standard InChI is InChI=1S/C58H36/c1-3-12-37(13-4-1)45-32-34-51-53(36-45)57(40-14-5-2-6-15-40)49-21-10-9-20-48(49)55(51)43-26-22-38(23-27-43)39-24-28-44(29-25-39)56-47-19-8-7-18-46(47)50-33-30-41-16-11-17-42-31-35-52(56)58(50)54(41)42/h1-36H/i2D,5D,6D,14D,15D. The van der Waals surface area contributed by atoms with Crippen molar-refractivity contribution in [2.45, 2.75) is 0 Å². The van der Waals surface area contributed by atoms with E-state index in [9.17, 15) is 0 Å². The highest BCUT2D eigenvalue weighted by Crippen LogP contribution is 2.47. The summed E-state index contributed by atoms with van der Waals surface area (Å²) in [5.74, 6) is 0. The lowest BCUT2D eigenvalue weighted by atomic mass is 9.84. The van der Waals surface area contributed by atoms with Crippen molar-refractivity contribution >= 4 is 64.6 Å². The first-order chi connectivity index (χ1) is 30.9. The van der Waals surface area contributed by atoms with Crippen molar-refractivity contribution in [2.24, 2.45) is 0 Å². The van der Waals surface area contributed by atoms with Crippen LogP contribution in [0.3, 0.4) is 0 Å². The summed E-state index contributed by atoms with van der Waals surface area (Å²) in [5.41, 5.74) is 9.54. The van der Waals surface area contributed by atoms with Crippen LogP contribution in [0.4, 0.5) is 0 Å². The fraction of sp³-hybridized carbons (Fsp3) is 0. The summed E-state index contributed by atoms with van der Waals surface area (Å²) in [5, 5.41) is 13.7. The van der Waals surface area contributed by atoms with E-state index in [0.29, 0.717) is 5.56 Å². The van der Waals surface area contributed by atoms with E-state index in [1.807, 2.05) is 36.4 Å². The molecule has 0 atom stereocenters. The molecule has 0 N–H and O–H groups in total. The van der Waals surface area contributed by atoms with Crippen LogP contribution < -0.4 is 0 Å². The molecule has 58 heavy (non-hydrogen) atoms. The summed E-state index contributed by atoms with van der Waals surface area (Å²) in [4.78, 5) is 0. The van der Waals surface area contributed by atoms with E-state index in [2.05, 4.69) is 152 Å². The van der Waals surface area contributed by atoms with Crippen molar-refractivity contribution in [2.75, 3.05) is 0 Å². The maximum absolute atomic E-state index is 9.07. The Morgan fingerprint density at radius 2 is 0.690 bits per heavy atom. The van der Waals surface area contributed by atoms with Gasteiger partial charge >= 0.3 is 0 Å². The molecule has 0 unspecified atom stereocenters. The van der Waals surface area contributed by atoms with Crippen molar-refractivity contribution in [1.29, 1.82) is 0 Å². The first kappa shape index (κ1) is 27.9. The van der Waals surface area contributed by atoms with Gasteiger partial charge in [0.15, 0.2) is 0 Å². The zero-order valence-electron chi connectivity index (χ0n) is 36.4. The first-order valence-corrected chi connectivity index (χ1v) is 19.8. The Morgan fingerprint density at radius 1 is 0.241 bits per heavy atom. The van der Waals surface area contributed by atoms with Gasteiger partial charge in [0.25, 0.3) is 0 Å². The van der Waals surface area contributed by atoms with Gasteiger partial charge in [-0.05, 0) is 126 Å². The van der Waals surface area contributed by atoms with Crippen molar-refractivity contribution in [3.63, 3.8) is 0 Å². The van der Waals surface area contributed by atoms with Crippen molar-refractivity contribution < 1.29 is 6.85 Å². The highest BCUT2D eigenvalue weighted by Gasteiger charge is 2.19. The number of benzene rings is 12. The van der Waals surface area contributed by atoms with E-state index in [1.54, 1.807) is 0 Å². The second-order valence-corrected chi connectivity index (χ2v) is 15.2. The third-order valence-electron chi connectivity index (χ3n) is 12.1. The minimum Gasteiger partial charge on any atom is -0.0622 e. The maximum Gasteiger partial charge on any atom is 0.0629 e. The zero-order valence-corrected chi connectivity index (χ0v) is 31.4. The molecule has 12 aromatic carbocycles. The van der Waals surface area contributed by atoms with Gasteiger partial charge in [0.05, 0.1) is 6.85 Å². The van der Waals surface area contributed by atoms with Crippen LogP contribution in [-0.2, 0) is 0 Å². The molecule has 0 saturated carbocycles. The Hall–Kier alpha value is -7.54. The predicted octanol–water partition coefficient (Wildman–Crippen LogP) is 16.4. The minimum atomic E-state index is -0.403. The minimum absolute atomic E-state index is 0.202. The van der Waals surface area contributed by atoms with Crippen LogP contribution in [0, 0.1) is 0 Å². The van der Waals surface area contributed by atoms with Crippen LogP contribution in [0.1, 0.15) is 6.85 Å². The van der Waals surface area contributed by atoms with Crippen LogP contribution in [-0.4, -0.2) is 0 Å². The van der Waals surface area contributed by atoms with E-state index < -0.39 is 6.04 Å². The molecule has 12 aromatic rings. The Bertz CT molecular complexity index is 3770. The van der Waals surface area contributed by atoms with Gasteiger partial charge in [-0.15, -0.1) is 0 Å². The molecule has 0 saturated heterocycles. The van der Waals surface area contributed by atoms with E-state index in [-0.39, 0.29) is 29.7 Å². The fourth-order valence-corrected chi connectivity index (χ4v) is 9.51. The highest BCUT2D eigenvalue weighted by molar-refractivity contribution is 6.33. The monoisotopic (exact) mass is 737 g/mol. The normalized spacial score (nSPS) is 13.0. The summed E-state index contributed by atoms with van der Waals surface area (Å²) in [6.45, 7) is 0. The average molecular weight is 738 g/mol. The number of hydrogen-bond acceptors (Lipinski definition) is 0. The first-order valence-electron chi connectivity index (χ1n) is 22.3. The van der Waals surface area contributed by atoms with Crippen LogP contribution in [0.15, 0.2) is 218 Å². The second-order valence-electron chi connectivity index (χ2n) is 15.2. The smallest absolute Gasteiger partial charge is 0.0622 e. The molecular formula is C58H36. The molecule has 268 valence electrons. The van der Waals surface area contributed by atoms with Gasteiger partial charge < -0.3 is 0 Å². The lowest BCUT2D eigenvalue weighted by Crippen LogP contribution is -1.92. The fourth-order valence-electron chi connectivity index (χ4n) is 9.51. The Balaban J connectivity index is 1.01. The molecule has 0 spiro atoms. The lowest BCUT2D eigenvalue weighted by Gasteiger charge is -2.19. The predicted molar refractivity (Wildman–Crippen MR) is 250 cm³/mol.